The summed E-state index contributed by atoms with van der Waals surface area (Å²) in [6.07, 6.45) is 4.28. The number of benzene rings is 1. The fraction of sp³-hybridized carbons (Fsp3) is 0.471. The molecule has 2 aliphatic rings. The van der Waals surface area contributed by atoms with Crippen LogP contribution in [0.3, 0.4) is 0 Å². The van der Waals surface area contributed by atoms with E-state index in [0.717, 1.165) is 42.1 Å². The molecule has 4 heteroatoms. The highest BCUT2D eigenvalue weighted by Gasteiger charge is 2.54. The summed E-state index contributed by atoms with van der Waals surface area (Å²) in [7, 11) is 0. The minimum atomic E-state index is -0.122. The summed E-state index contributed by atoms with van der Waals surface area (Å²) in [6, 6.07) is 7.67. The van der Waals surface area contributed by atoms with Crippen LogP contribution in [0.2, 0.25) is 0 Å². The van der Waals surface area contributed by atoms with E-state index >= 15 is 0 Å². The summed E-state index contributed by atoms with van der Waals surface area (Å²) >= 11 is 0. The Bertz CT molecular complexity index is 779. The zero-order valence-electron chi connectivity index (χ0n) is 12.1. The maximum atomic E-state index is 11.8. The highest BCUT2D eigenvalue weighted by atomic mass is 16.1. The van der Waals surface area contributed by atoms with E-state index in [0.29, 0.717) is 17.1 Å². The van der Waals surface area contributed by atoms with Crippen LogP contribution in [0.1, 0.15) is 44.2 Å². The number of nitrogens with zero attached hydrogens (tertiary/aromatic N) is 1. The molecule has 2 aliphatic carbocycles. The van der Waals surface area contributed by atoms with Gasteiger partial charge in [-0.05, 0) is 44.1 Å². The van der Waals surface area contributed by atoms with Crippen molar-refractivity contribution in [3.63, 3.8) is 0 Å². The van der Waals surface area contributed by atoms with Crippen molar-refractivity contribution in [2.75, 3.05) is 0 Å². The Morgan fingerprint density at radius 1 is 1.19 bits per heavy atom. The summed E-state index contributed by atoms with van der Waals surface area (Å²) in [5, 5.41) is 8.62. The summed E-state index contributed by atoms with van der Waals surface area (Å²) < 4.78 is 0. The standard InChI is InChI=1S/C17H18N2O2/c1-10(20)11-6-17(7-11)8-12(9-17)15-13-4-2-3-5-14(13)16(21)19-18-15/h2-5,11-12H,6-9H2,1H3,(H,19,21). The predicted octanol–water partition coefficient (Wildman–Crippen LogP) is 2.79. The Balaban J connectivity index is 1.59. The second-order valence-corrected chi connectivity index (χ2v) is 6.80. The van der Waals surface area contributed by atoms with Gasteiger partial charge in [0.1, 0.15) is 5.78 Å². The van der Waals surface area contributed by atoms with Crippen LogP contribution in [0.5, 0.6) is 0 Å². The number of carbonyl (C=O) groups is 1. The first-order valence-corrected chi connectivity index (χ1v) is 7.56. The van der Waals surface area contributed by atoms with E-state index < -0.39 is 0 Å². The lowest BCUT2D eigenvalue weighted by atomic mass is 9.47. The monoisotopic (exact) mass is 282 g/mol. The number of aromatic amines is 1. The Morgan fingerprint density at radius 2 is 1.86 bits per heavy atom. The third-order valence-corrected chi connectivity index (χ3v) is 5.40. The van der Waals surface area contributed by atoms with Gasteiger partial charge in [0.15, 0.2) is 0 Å². The van der Waals surface area contributed by atoms with Gasteiger partial charge in [0.25, 0.3) is 5.56 Å². The van der Waals surface area contributed by atoms with Crippen LogP contribution in [-0.4, -0.2) is 16.0 Å². The minimum absolute atomic E-state index is 0.122. The first-order chi connectivity index (χ1) is 10.1. The van der Waals surface area contributed by atoms with Crippen LogP contribution < -0.4 is 5.56 Å². The topological polar surface area (TPSA) is 62.8 Å². The SMILES string of the molecule is CC(=O)C1CC2(C1)CC(c1n[nH]c(=O)c3ccccc13)C2. The zero-order chi connectivity index (χ0) is 14.6. The fourth-order valence-corrected chi connectivity index (χ4v) is 4.23. The van der Waals surface area contributed by atoms with Crippen LogP contribution >= 0.6 is 0 Å². The van der Waals surface area contributed by atoms with Gasteiger partial charge >= 0.3 is 0 Å². The van der Waals surface area contributed by atoms with Crippen LogP contribution in [0.15, 0.2) is 29.1 Å². The van der Waals surface area contributed by atoms with Crippen molar-refractivity contribution >= 4 is 16.6 Å². The molecule has 1 N–H and O–H groups in total. The van der Waals surface area contributed by atoms with E-state index in [1.165, 1.54) is 0 Å². The summed E-state index contributed by atoms with van der Waals surface area (Å²) in [5.41, 5.74) is 1.27. The van der Waals surface area contributed by atoms with Crippen molar-refractivity contribution in [2.24, 2.45) is 11.3 Å². The number of Topliss-reactive ketones (excluding diaryl/α,β-unsaturated/α-hetero) is 1. The highest BCUT2D eigenvalue weighted by Crippen LogP contribution is 2.64. The van der Waals surface area contributed by atoms with E-state index in [4.69, 9.17) is 0 Å². The lowest BCUT2D eigenvalue weighted by Crippen LogP contribution is -2.48. The van der Waals surface area contributed by atoms with Gasteiger partial charge in [0, 0.05) is 17.2 Å². The van der Waals surface area contributed by atoms with Crippen molar-refractivity contribution in [2.45, 2.75) is 38.5 Å². The molecule has 108 valence electrons. The maximum Gasteiger partial charge on any atom is 0.272 e. The third-order valence-electron chi connectivity index (χ3n) is 5.40. The Labute approximate surface area is 122 Å². The van der Waals surface area contributed by atoms with Crippen molar-refractivity contribution in [1.82, 2.24) is 10.2 Å². The van der Waals surface area contributed by atoms with Crippen LogP contribution in [0.25, 0.3) is 10.8 Å². The smallest absolute Gasteiger partial charge is 0.272 e. The van der Waals surface area contributed by atoms with E-state index in [-0.39, 0.29) is 11.5 Å². The molecule has 21 heavy (non-hydrogen) atoms. The number of hydrogen-bond donors (Lipinski definition) is 1. The van der Waals surface area contributed by atoms with Gasteiger partial charge in [-0.15, -0.1) is 0 Å². The second-order valence-electron chi connectivity index (χ2n) is 6.80. The van der Waals surface area contributed by atoms with Crippen molar-refractivity contribution < 1.29 is 4.79 Å². The molecule has 4 nitrogen and oxygen atoms in total. The molecule has 1 aromatic heterocycles. The number of fused-ring (bicyclic) bond motifs is 1. The Morgan fingerprint density at radius 3 is 2.52 bits per heavy atom. The first-order valence-electron chi connectivity index (χ1n) is 7.56. The zero-order valence-corrected chi connectivity index (χ0v) is 12.1. The van der Waals surface area contributed by atoms with Crippen LogP contribution in [0.4, 0.5) is 0 Å². The number of hydrogen-bond acceptors (Lipinski definition) is 3. The molecule has 0 unspecified atom stereocenters. The van der Waals surface area contributed by atoms with Gasteiger partial charge in [0.2, 0.25) is 0 Å². The number of ketones is 1. The normalized spacial score (nSPS) is 30.9. The molecule has 2 aromatic rings. The van der Waals surface area contributed by atoms with Crippen LogP contribution in [-0.2, 0) is 4.79 Å². The largest absolute Gasteiger partial charge is 0.300 e. The van der Waals surface area contributed by atoms with Gasteiger partial charge in [-0.1, -0.05) is 18.2 Å². The van der Waals surface area contributed by atoms with Crippen molar-refractivity contribution in [1.29, 1.82) is 0 Å². The van der Waals surface area contributed by atoms with Gasteiger partial charge in [-0.3, -0.25) is 9.59 Å². The molecule has 1 spiro atoms. The maximum absolute atomic E-state index is 11.8. The fourth-order valence-electron chi connectivity index (χ4n) is 4.23. The predicted molar refractivity (Wildman–Crippen MR) is 80.2 cm³/mol. The van der Waals surface area contributed by atoms with Crippen molar-refractivity contribution in [3.05, 3.63) is 40.3 Å². The Kier molecular flexibility index (Phi) is 2.59. The molecule has 0 atom stereocenters. The first kappa shape index (κ1) is 12.7. The van der Waals surface area contributed by atoms with Crippen molar-refractivity contribution in [3.8, 4) is 0 Å². The molecule has 1 heterocycles. The minimum Gasteiger partial charge on any atom is -0.300 e. The molecule has 1 aromatic carbocycles. The summed E-state index contributed by atoms with van der Waals surface area (Å²) in [5.74, 6) is 1.03. The molecular formula is C17H18N2O2. The Hall–Kier alpha value is -1.97. The number of nitrogens with one attached hydrogen (secondary N) is 1. The van der Waals surface area contributed by atoms with Crippen LogP contribution in [0, 0.1) is 11.3 Å². The quantitative estimate of drug-likeness (QED) is 0.921. The summed E-state index contributed by atoms with van der Waals surface area (Å²) in [4.78, 5) is 23.2. The molecule has 0 amide bonds. The lowest BCUT2D eigenvalue weighted by molar-refractivity contribution is -0.133. The second kappa shape index (κ2) is 4.26. The molecule has 0 aliphatic heterocycles. The van der Waals surface area contributed by atoms with E-state index in [9.17, 15) is 9.59 Å². The average Bonchev–Trinajstić information content (AvgIpc) is 2.38. The number of aromatic nitrogens is 2. The lowest BCUT2D eigenvalue weighted by Gasteiger charge is -2.57. The molecule has 2 fully saturated rings. The number of carbonyl (C=O) groups excluding carboxylic acids is 1. The van der Waals surface area contributed by atoms with E-state index in [2.05, 4.69) is 10.2 Å². The molecule has 4 rings (SSSR count). The molecular weight excluding hydrogens is 264 g/mol. The van der Waals surface area contributed by atoms with E-state index in [1.54, 1.807) is 6.92 Å². The molecule has 0 bridgehead atoms. The van der Waals surface area contributed by atoms with Gasteiger partial charge < -0.3 is 0 Å². The molecule has 0 radical (unpaired) electrons. The number of H-pyrrole nitrogens is 1. The third kappa shape index (κ3) is 1.85. The van der Waals surface area contributed by atoms with Gasteiger partial charge in [0.05, 0.1) is 11.1 Å². The summed E-state index contributed by atoms with van der Waals surface area (Å²) in [6.45, 7) is 1.70. The average molecular weight is 282 g/mol. The van der Waals surface area contributed by atoms with Gasteiger partial charge in [-0.25, -0.2) is 5.10 Å². The highest BCUT2D eigenvalue weighted by molar-refractivity contribution is 5.84. The molecule has 2 saturated carbocycles. The molecule has 0 saturated heterocycles. The van der Waals surface area contributed by atoms with E-state index in [1.807, 2.05) is 24.3 Å². The van der Waals surface area contributed by atoms with Gasteiger partial charge in [-0.2, -0.15) is 5.10 Å². The number of rotatable bonds is 2.